The van der Waals surface area contributed by atoms with Crippen molar-refractivity contribution in [1.82, 2.24) is 59.1 Å². The van der Waals surface area contributed by atoms with Crippen LogP contribution < -0.4 is 10.1 Å². The van der Waals surface area contributed by atoms with E-state index in [2.05, 4.69) is 72.1 Å². The standard InChI is InChI=1S/C27H26N4O4S.C26H22F3N5O3S.C20H19ClN4O2S.C19H16Cl2N4O2S/c1-15-22(14-32)36-27-24(15)25(28-21(13-23(33)35-4)26-30-29-16(2)31(26)27)19-7-5-17(6-8-19)18-9-11-20(34-3)12-10-18;1-12-20(11-35)38-26-22(12)23(31-19(10-21(36)37-3)25-33-32-13(2)34(25)26)14-4-6-16(7-5-14)30-24-17(28)8-15(27)9-18(24)29;1-10-11(2)28-20-17(10)18(13-5-7-14(21)8-6-13)22-15(9-16(26)27-4)19-24-23-12(3)25(19)20;1-9-15-16(11-4-6-12(20)7-5-11)22-13(8-14(26)27-3)18-24-23-10(2)25(18)19(15)28-17(9)21/h5-12,21,32H,13-14H2,1-4H3;4-9,19,30,35H,10-11H2,1-3H3;5-8,15H,9H2,1-4H3;4-7,13H,8H2,1-3H3/t21-;19-;15-;13-/m0000/s1. The Morgan fingerprint density at radius 3 is 1.01 bits per heavy atom. The molecule has 668 valence electrons. The molecule has 38 heteroatoms. The largest absolute Gasteiger partial charge is 0.497 e. The van der Waals surface area contributed by atoms with E-state index in [1.165, 1.54) is 67.3 Å². The smallest absolute Gasteiger partial charge is 0.308 e. The summed E-state index contributed by atoms with van der Waals surface area (Å²) < 4.78 is 74.8. The van der Waals surface area contributed by atoms with Gasteiger partial charge in [-0.1, -0.05) is 108 Å². The molecule has 12 heterocycles. The fraction of sp³-hybridized carbons (Fsp3) is 0.261. The molecule has 28 nitrogen and oxygen atoms in total. The number of aromatic nitrogens is 12. The maximum atomic E-state index is 14.1. The minimum absolute atomic E-state index is 0.0446. The first-order chi connectivity index (χ1) is 62.5. The molecule has 0 radical (unpaired) electrons. The number of aliphatic imine (C=N–C) groups is 4. The van der Waals surface area contributed by atoms with Gasteiger partial charge in [0.25, 0.3) is 0 Å². The Balaban J connectivity index is 0.000000134. The zero-order valence-corrected chi connectivity index (χ0v) is 77.9. The Morgan fingerprint density at radius 1 is 0.385 bits per heavy atom. The third-order valence-corrected chi connectivity index (χ3v) is 28.1. The highest BCUT2D eigenvalue weighted by molar-refractivity contribution is 7.19. The average Bonchev–Trinajstić information content (AvgIpc) is 1.61. The number of carbonyl (C=O) groups excluding carboxylic acids is 4. The lowest BCUT2D eigenvalue weighted by Crippen LogP contribution is -2.12. The topological polar surface area (TPSA) is 339 Å². The van der Waals surface area contributed by atoms with E-state index in [4.69, 9.17) is 78.5 Å². The quantitative estimate of drug-likeness (QED) is 0.0530. The molecule has 14 aromatic rings. The molecule has 0 bridgehead atoms. The van der Waals surface area contributed by atoms with Crippen LogP contribution in [-0.2, 0) is 51.3 Å². The zero-order valence-electron chi connectivity index (χ0n) is 72.4. The highest BCUT2D eigenvalue weighted by atomic mass is 35.5. The van der Waals surface area contributed by atoms with E-state index in [1.807, 2.05) is 145 Å². The number of nitrogens with one attached hydrogen (secondary N) is 1. The van der Waals surface area contributed by atoms with Crippen LogP contribution in [0.5, 0.6) is 5.75 Å². The fourth-order valence-electron chi connectivity index (χ4n) is 15.4. The predicted octanol–water partition coefficient (Wildman–Crippen LogP) is 18.7. The van der Waals surface area contributed by atoms with Crippen LogP contribution in [0.3, 0.4) is 0 Å². The number of benzene rings is 6. The summed E-state index contributed by atoms with van der Waals surface area (Å²) in [6, 6.07) is 36.7. The highest BCUT2D eigenvalue weighted by Crippen LogP contribution is 2.47. The van der Waals surface area contributed by atoms with Gasteiger partial charge in [0.1, 0.15) is 84.7 Å². The van der Waals surface area contributed by atoms with Crippen molar-refractivity contribution in [3.8, 4) is 36.9 Å². The van der Waals surface area contributed by atoms with Gasteiger partial charge in [-0.05, 0) is 144 Å². The SMILES string of the molecule is COC(=O)C[C@@H]1N=C(c2ccc(-c3ccc(OC)cc3)cc2)c2c(sc(CO)c2C)-n2c(C)nnc21.COC(=O)C[C@@H]1N=C(c2ccc(Cl)cc2)c2c(sc(C)c2C)-n2c(C)nnc21.COC(=O)C[C@@H]1N=C(c2ccc(Cl)cc2)c2c(sc(Cl)c2C)-n2c(C)nnc21.COC(=O)C[C@@H]1N=C(c2ccc(Nc3c(F)cc(F)cc3F)cc2)c2c(sc(CO)c2C)-n2c(C)nnc21. The van der Waals surface area contributed by atoms with Crippen LogP contribution >= 0.6 is 80.1 Å². The van der Waals surface area contributed by atoms with Crippen molar-refractivity contribution >= 4 is 138 Å². The summed E-state index contributed by atoms with van der Waals surface area (Å²) in [5.74, 6) is 1.19. The van der Waals surface area contributed by atoms with Crippen LogP contribution in [0.4, 0.5) is 24.5 Å². The lowest BCUT2D eigenvalue weighted by Gasteiger charge is -2.13. The van der Waals surface area contributed by atoms with Crippen molar-refractivity contribution in [3.63, 3.8) is 0 Å². The minimum atomic E-state index is -1.06. The lowest BCUT2D eigenvalue weighted by molar-refractivity contribution is -0.142. The van der Waals surface area contributed by atoms with E-state index in [9.17, 15) is 42.6 Å². The molecule has 8 aromatic heterocycles. The molecule has 0 saturated heterocycles. The predicted molar refractivity (Wildman–Crippen MR) is 494 cm³/mol. The van der Waals surface area contributed by atoms with Gasteiger partial charge < -0.3 is 39.2 Å². The van der Waals surface area contributed by atoms with Crippen LogP contribution in [0, 0.1) is 79.8 Å². The number of aliphatic hydroxyl groups is 2. The van der Waals surface area contributed by atoms with E-state index >= 15 is 0 Å². The zero-order chi connectivity index (χ0) is 92.5. The van der Waals surface area contributed by atoms with Crippen LogP contribution in [0.1, 0.15) is 178 Å². The molecule has 4 aliphatic rings. The van der Waals surface area contributed by atoms with Gasteiger partial charge in [0, 0.05) is 87.0 Å². The van der Waals surface area contributed by atoms with Gasteiger partial charge in [0.15, 0.2) is 34.9 Å². The number of carbonyl (C=O) groups is 4. The molecule has 130 heavy (non-hydrogen) atoms. The van der Waals surface area contributed by atoms with E-state index in [0.717, 1.165) is 131 Å². The first kappa shape index (κ1) is 92.1. The van der Waals surface area contributed by atoms with Crippen molar-refractivity contribution in [1.29, 1.82) is 0 Å². The van der Waals surface area contributed by atoms with Crippen molar-refractivity contribution in [2.24, 2.45) is 20.0 Å². The Hall–Kier alpha value is -12.6. The van der Waals surface area contributed by atoms with Crippen molar-refractivity contribution in [3.05, 3.63) is 293 Å². The normalized spacial score (nSPS) is 14.9. The number of anilines is 2. The van der Waals surface area contributed by atoms with Gasteiger partial charge in [0.2, 0.25) is 0 Å². The number of thiophene rings is 4. The summed E-state index contributed by atoms with van der Waals surface area (Å²) in [4.78, 5) is 71.4. The summed E-state index contributed by atoms with van der Waals surface area (Å²) in [5.41, 5.74) is 15.8. The summed E-state index contributed by atoms with van der Waals surface area (Å²) in [6.07, 6.45) is 0.136. The summed E-state index contributed by atoms with van der Waals surface area (Å²) in [6.45, 7) is 17.2. The van der Waals surface area contributed by atoms with Crippen LogP contribution in [-0.4, -0.2) is 152 Å². The van der Waals surface area contributed by atoms with Crippen LogP contribution in [0.25, 0.3) is 31.1 Å². The maximum absolute atomic E-state index is 14.1. The first-order valence-corrected chi connectivity index (χ1v) is 44.8. The Bertz CT molecular complexity index is 6650. The first-order valence-electron chi connectivity index (χ1n) is 40.4. The fourth-order valence-corrected chi connectivity index (χ4v) is 20.8. The number of aliphatic hydroxyl groups excluding tert-OH is 2. The van der Waals surface area contributed by atoms with Crippen molar-refractivity contribution in [2.45, 2.75) is 125 Å². The third-order valence-electron chi connectivity index (χ3n) is 22.3. The maximum Gasteiger partial charge on any atom is 0.308 e. The number of esters is 4. The number of fused-ring (bicyclic) bond motifs is 12. The Labute approximate surface area is 774 Å². The summed E-state index contributed by atoms with van der Waals surface area (Å²) in [5, 5.41) is 61.8. The van der Waals surface area contributed by atoms with Crippen molar-refractivity contribution in [2.75, 3.05) is 40.9 Å². The highest BCUT2D eigenvalue weighted by Gasteiger charge is 2.39. The molecule has 0 amide bonds. The second-order valence-electron chi connectivity index (χ2n) is 30.2. The lowest BCUT2D eigenvalue weighted by atomic mass is 9.97. The summed E-state index contributed by atoms with van der Waals surface area (Å²) in [7, 11) is 7.05. The van der Waals surface area contributed by atoms with Gasteiger partial charge in [0.05, 0.1) is 102 Å². The number of hydrogen-bond acceptors (Lipinski definition) is 28. The molecular weight excluding hydrogens is 1810 g/mol. The Kier molecular flexibility index (Phi) is 27.6. The second kappa shape index (κ2) is 39.0. The molecule has 3 N–H and O–H groups in total. The van der Waals surface area contributed by atoms with Crippen LogP contribution in [0.15, 0.2) is 153 Å². The number of ether oxygens (including phenoxy) is 5. The Morgan fingerprint density at radius 2 is 0.677 bits per heavy atom. The number of halogens is 6. The molecule has 0 fully saturated rings. The van der Waals surface area contributed by atoms with Gasteiger partial charge in [-0.15, -0.1) is 86.1 Å². The second-order valence-corrected chi connectivity index (χ2v) is 36.1. The molecule has 18 rings (SSSR count). The van der Waals surface area contributed by atoms with Crippen molar-refractivity contribution < 1.29 is 66.2 Å². The van der Waals surface area contributed by atoms with E-state index in [0.29, 0.717) is 84.2 Å². The van der Waals surface area contributed by atoms with E-state index < -0.39 is 53.3 Å². The van der Waals surface area contributed by atoms with E-state index in [-0.39, 0.29) is 56.8 Å². The summed E-state index contributed by atoms with van der Waals surface area (Å²) >= 11 is 24.6. The number of methoxy groups -OCH3 is 5. The number of hydrogen-bond donors (Lipinski definition) is 3. The number of aryl methyl sites for hydroxylation is 5. The molecule has 0 aliphatic carbocycles. The van der Waals surface area contributed by atoms with Gasteiger partial charge in [-0.2, -0.15) is 0 Å². The molecule has 4 atom stereocenters. The van der Waals surface area contributed by atoms with Gasteiger partial charge in [-0.25, -0.2) is 13.2 Å². The molecule has 0 saturated carbocycles. The number of nitrogens with zero attached hydrogens (tertiary/aromatic N) is 16. The van der Waals surface area contributed by atoms with Gasteiger partial charge >= 0.3 is 23.9 Å². The monoisotopic (exact) mass is 1890 g/mol. The molecule has 0 unspecified atom stereocenters. The minimum Gasteiger partial charge on any atom is -0.497 e. The third kappa shape index (κ3) is 18.3. The molecular formula is C92H83Cl3F3N17O11S4. The van der Waals surface area contributed by atoms with Crippen LogP contribution in [0.2, 0.25) is 14.4 Å². The molecule has 0 spiro atoms. The van der Waals surface area contributed by atoms with Gasteiger partial charge in [-0.3, -0.25) is 57.4 Å². The average molecular weight is 1890 g/mol. The molecule has 4 aliphatic heterocycles. The molecule has 6 aromatic carbocycles. The number of rotatable bonds is 18. The van der Waals surface area contributed by atoms with E-state index in [1.54, 1.807) is 49.6 Å².